The second kappa shape index (κ2) is 4.61. The Bertz CT molecular complexity index is 439. The Balaban J connectivity index is 2.11. The molecule has 0 bridgehead atoms. The summed E-state index contributed by atoms with van der Waals surface area (Å²) < 4.78 is 5.43. The van der Waals surface area contributed by atoms with Crippen molar-refractivity contribution in [1.82, 2.24) is 10.2 Å². The van der Waals surface area contributed by atoms with Crippen molar-refractivity contribution >= 4 is 11.8 Å². The number of nitrogens with zero attached hydrogens (tertiary/aromatic N) is 1. The minimum atomic E-state index is -0.363. The van der Waals surface area contributed by atoms with Gasteiger partial charge < -0.3 is 14.6 Å². The van der Waals surface area contributed by atoms with E-state index in [1.54, 1.807) is 11.9 Å². The fourth-order valence-corrected chi connectivity index (χ4v) is 2.11. The summed E-state index contributed by atoms with van der Waals surface area (Å²) in [5, 5.41) is 2.58. The highest BCUT2D eigenvalue weighted by Gasteiger charge is 2.35. The van der Waals surface area contributed by atoms with Gasteiger partial charge in [-0.25, -0.2) is 0 Å². The monoisotopic (exact) mass is 236 g/mol. The Labute approximate surface area is 99.8 Å². The molecule has 0 saturated carbocycles. The zero-order valence-corrected chi connectivity index (χ0v) is 10.0. The van der Waals surface area contributed by atoms with Gasteiger partial charge in [-0.2, -0.15) is 0 Å². The van der Waals surface area contributed by atoms with Gasteiger partial charge in [0, 0.05) is 13.5 Å². The van der Waals surface area contributed by atoms with Gasteiger partial charge in [0.1, 0.15) is 17.6 Å². The third-order valence-corrected chi connectivity index (χ3v) is 3.00. The van der Waals surface area contributed by atoms with Crippen LogP contribution in [0, 0.1) is 6.92 Å². The highest BCUT2D eigenvalue weighted by molar-refractivity contribution is 5.90. The van der Waals surface area contributed by atoms with E-state index < -0.39 is 0 Å². The molecule has 17 heavy (non-hydrogen) atoms. The third-order valence-electron chi connectivity index (χ3n) is 3.00. The van der Waals surface area contributed by atoms with Crippen LogP contribution >= 0.6 is 0 Å². The van der Waals surface area contributed by atoms with Crippen molar-refractivity contribution in [2.24, 2.45) is 0 Å². The average Bonchev–Trinajstić information content (AvgIpc) is 2.87. The maximum absolute atomic E-state index is 11.7. The number of nitrogens with one attached hydrogen (secondary N) is 1. The van der Waals surface area contributed by atoms with Gasteiger partial charge in [-0.15, -0.1) is 0 Å². The number of carbonyl (C=O) groups excluding carboxylic acids is 2. The number of amides is 2. The quantitative estimate of drug-likeness (QED) is 0.845. The van der Waals surface area contributed by atoms with Gasteiger partial charge >= 0.3 is 0 Å². The van der Waals surface area contributed by atoms with Crippen LogP contribution in [-0.2, 0) is 16.1 Å². The van der Waals surface area contributed by atoms with Crippen LogP contribution in [0.3, 0.4) is 0 Å². The number of aryl methyl sites for hydroxylation is 1. The van der Waals surface area contributed by atoms with Crippen molar-refractivity contribution < 1.29 is 14.0 Å². The Morgan fingerprint density at radius 2 is 2.35 bits per heavy atom. The summed E-state index contributed by atoms with van der Waals surface area (Å²) in [4.78, 5) is 24.9. The average molecular weight is 236 g/mol. The summed E-state index contributed by atoms with van der Waals surface area (Å²) in [6.07, 6.45) is 1.01. The summed E-state index contributed by atoms with van der Waals surface area (Å²) in [6, 6.07) is 3.32. The lowest BCUT2D eigenvalue weighted by Gasteiger charge is -2.22. The molecule has 2 amide bonds. The fourth-order valence-electron chi connectivity index (χ4n) is 2.11. The van der Waals surface area contributed by atoms with Crippen LogP contribution in [0.5, 0.6) is 0 Å². The molecule has 0 radical (unpaired) electrons. The lowest BCUT2D eigenvalue weighted by Crippen LogP contribution is -2.43. The van der Waals surface area contributed by atoms with Crippen LogP contribution in [0.15, 0.2) is 16.5 Å². The lowest BCUT2D eigenvalue weighted by molar-refractivity contribution is -0.135. The number of rotatable bonds is 3. The van der Waals surface area contributed by atoms with Crippen molar-refractivity contribution in [1.29, 1.82) is 0 Å². The minimum absolute atomic E-state index is 0.00709. The van der Waals surface area contributed by atoms with Gasteiger partial charge in [0.25, 0.3) is 0 Å². The lowest BCUT2D eigenvalue weighted by atomic mass is 10.2. The van der Waals surface area contributed by atoms with Crippen molar-refractivity contribution in [2.75, 3.05) is 7.05 Å². The molecule has 1 aliphatic rings. The predicted octanol–water partition coefficient (Wildman–Crippen LogP) is 0.825. The molecule has 2 heterocycles. The van der Waals surface area contributed by atoms with Crippen LogP contribution in [-0.4, -0.2) is 29.8 Å². The molecular formula is C12H16N2O3. The summed E-state index contributed by atoms with van der Waals surface area (Å²) in [6.45, 7) is 2.22. The van der Waals surface area contributed by atoms with E-state index in [4.69, 9.17) is 4.42 Å². The van der Waals surface area contributed by atoms with Gasteiger partial charge in [-0.05, 0) is 25.5 Å². The summed E-state index contributed by atoms with van der Waals surface area (Å²) in [5.74, 6) is 1.42. The van der Waals surface area contributed by atoms with Crippen LogP contribution in [0.25, 0.3) is 0 Å². The maximum Gasteiger partial charge on any atom is 0.242 e. The zero-order valence-electron chi connectivity index (χ0n) is 10.0. The molecule has 0 unspecified atom stereocenters. The molecule has 0 aromatic carbocycles. The number of likely N-dealkylation sites (tertiary alicyclic amines) is 1. The Morgan fingerprint density at radius 3 is 2.94 bits per heavy atom. The van der Waals surface area contributed by atoms with Crippen molar-refractivity contribution in [2.45, 2.75) is 32.4 Å². The van der Waals surface area contributed by atoms with Gasteiger partial charge in [-0.3, -0.25) is 9.59 Å². The van der Waals surface area contributed by atoms with E-state index in [1.807, 2.05) is 19.1 Å². The molecule has 5 nitrogen and oxygen atoms in total. The van der Waals surface area contributed by atoms with Crippen LogP contribution in [0.1, 0.15) is 24.4 Å². The van der Waals surface area contributed by atoms with Gasteiger partial charge in [-0.1, -0.05) is 0 Å². The first-order valence-electron chi connectivity index (χ1n) is 5.68. The van der Waals surface area contributed by atoms with Crippen LogP contribution in [0.4, 0.5) is 0 Å². The molecular weight excluding hydrogens is 220 g/mol. The second-order valence-corrected chi connectivity index (χ2v) is 4.20. The molecule has 5 heteroatoms. The van der Waals surface area contributed by atoms with Crippen molar-refractivity contribution in [3.05, 3.63) is 23.7 Å². The molecule has 1 N–H and O–H groups in total. The van der Waals surface area contributed by atoms with Gasteiger partial charge in [0.2, 0.25) is 11.8 Å². The van der Waals surface area contributed by atoms with Crippen LogP contribution < -0.4 is 5.32 Å². The molecule has 0 spiro atoms. The molecule has 2 rings (SSSR count). The van der Waals surface area contributed by atoms with E-state index in [9.17, 15) is 9.59 Å². The van der Waals surface area contributed by atoms with E-state index in [2.05, 4.69) is 5.32 Å². The maximum atomic E-state index is 11.7. The second-order valence-electron chi connectivity index (χ2n) is 4.20. The Hall–Kier alpha value is -1.78. The number of likely N-dealkylation sites (N-methyl/N-ethyl adjacent to an activating group) is 1. The molecule has 1 atom stereocenters. The standard InChI is InChI=1S/C12H16N2O3/c1-8-3-4-9(17-8)7-14-10(12(16)13-2)5-6-11(14)15/h3-4,10H,5-7H2,1-2H3,(H,13,16)/t10-/m1/s1. The summed E-state index contributed by atoms with van der Waals surface area (Å²) in [5.41, 5.74) is 0. The van der Waals surface area contributed by atoms with E-state index in [0.29, 0.717) is 25.1 Å². The smallest absolute Gasteiger partial charge is 0.242 e. The van der Waals surface area contributed by atoms with Crippen LogP contribution in [0.2, 0.25) is 0 Å². The molecule has 92 valence electrons. The topological polar surface area (TPSA) is 62.6 Å². The first kappa shape index (κ1) is 11.7. The number of furan rings is 1. The fraction of sp³-hybridized carbons (Fsp3) is 0.500. The molecule has 1 saturated heterocycles. The van der Waals surface area contributed by atoms with E-state index in [0.717, 1.165) is 5.76 Å². The number of hydrogen-bond donors (Lipinski definition) is 1. The number of carbonyl (C=O) groups is 2. The Morgan fingerprint density at radius 1 is 1.59 bits per heavy atom. The summed E-state index contributed by atoms with van der Waals surface area (Å²) in [7, 11) is 1.58. The molecule has 1 fully saturated rings. The highest BCUT2D eigenvalue weighted by atomic mass is 16.3. The molecule has 0 aliphatic carbocycles. The van der Waals surface area contributed by atoms with Crippen molar-refractivity contribution in [3.63, 3.8) is 0 Å². The predicted molar refractivity (Wildman–Crippen MR) is 61.1 cm³/mol. The molecule has 1 aromatic heterocycles. The van der Waals surface area contributed by atoms with E-state index >= 15 is 0 Å². The molecule has 1 aliphatic heterocycles. The third kappa shape index (κ3) is 2.33. The largest absolute Gasteiger partial charge is 0.464 e. The SMILES string of the molecule is CNC(=O)[C@H]1CCC(=O)N1Cc1ccc(C)o1. The minimum Gasteiger partial charge on any atom is -0.464 e. The van der Waals surface area contributed by atoms with Crippen molar-refractivity contribution in [3.8, 4) is 0 Å². The zero-order chi connectivity index (χ0) is 12.4. The normalized spacial score (nSPS) is 19.8. The first-order chi connectivity index (χ1) is 8.11. The summed E-state index contributed by atoms with van der Waals surface area (Å²) >= 11 is 0. The number of hydrogen-bond acceptors (Lipinski definition) is 3. The highest BCUT2D eigenvalue weighted by Crippen LogP contribution is 2.22. The first-order valence-corrected chi connectivity index (χ1v) is 5.68. The van der Waals surface area contributed by atoms with Gasteiger partial charge in [0.05, 0.1) is 6.54 Å². The van der Waals surface area contributed by atoms with E-state index in [1.165, 1.54) is 0 Å². The van der Waals surface area contributed by atoms with Gasteiger partial charge in [0.15, 0.2) is 0 Å². The van der Waals surface area contributed by atoms with E-state index in [-0.39, 0.29) is 17.9 Å². The molecule has 1 aromatic rings. The Kier molecular flexibility index (Phi) is 3.17.